The highest BCUT2D eigenvalue weighted by Crippen LogP contribution is 2.53. The molecule has 0 bridgehead atoms. The van der Waals surface area contributed by atoms with Crippen LogP contribution in [-0.4, -0.2) is 25.5 Å². The van der Waals surface area contributed by atoms with Crippen LogP contribution in [0.1, 0.15) is 23.3 Å². The molecule has 0 spiro atoms. The van der Waals surface area contributed by atoms with Crippen LogP contribution in [0.3, 0.4) is 0 Å². The molecule has 2 fully saturated rings. The van der Waals surface area contributed by atoms with Crippen molar-refractivity contribution >= 4 is 11.9 Å². The molecule has 2 aromatic rings. The van der Waals surface area contributed by atoms with Crippen molar-refractivity contribution in [1.29, 1.82) is 0 Å². The van der Waals surface area contributed by atoms with Crippen molar-refractivity contribution in [3.63, 3.8) is 0 Å². The topological polar surface area (TPSA) is 89.5 Å². The first-order valence-electron chi connectivity index (χ1n) is 8.89. The molecule has 6 rings (SSSR count). The van der Waals surface area contributed by atoms with Gasteiger partial charge in [-0.1, -0.05) is 12.1 Å². The quantitative estimate of drug-likeness (QED) is 0.731. The lowest BCUT2D eigenvalue weighted by Gasteiger charge is -2.15. The Bertz CT molecular complexity index is 934. The predicted molar refractivity (Wildman–Crippen MR) is 89.8 cm³/mol. The number of rotatable bonds is 2. The molecule has 8 nitrogen and oxygen atoms in total. The van der Waals surface area contributed by atoms with Crippen LogP contribution in [0.2, 0.25) is 0 Å². The van der Waals surface area contributed by atoms with Crippen LogP contribution in [0.25, 0.3) is 0 Å². The van der Waals surface area contributed by atoms with E-state index in [1.165, 1.54) is 0 Å². The van der Waals surface area contributed by atoms with E-state index in [0.717, 1.165) is 0 Å². The number of hydrogen-bond donors (Lipinski definition) is 0. The molecule has 0 aromatic heterocycles. The summed E-state index contributed by atoms with van der Waals surface area (Å²) in [6.45, 7) is 0.285. The highest BCUT2D eigenvalue weighted by atomic mass is 16.7. The fraction of sp³-hybridized carbons (Fsp3) is 0.300. The van der Waals surface area contributed by atoms with E-state index in [1.54, 1.807) is 36.4 Å². The maximum absolute atomic E-state index is 12.7. The molecular weight excluding hydrogens is 368 g/mol. The van der Waals surface area contributed by atoms with Gasteiger partial charge in [-0.25, -0.2) is 0 Å². The van der Waals surface area contributed by atoms with Crippen molar-refractivity contribution in [2.75, 3.05) is 13.6 Å². The molecule has 8 heteroatoms. The lowest BCUT2D eigenvalue weighted by molar-refractivity contribution is -0.154. The van der Waals surface area contributed by atoms with Gasteiger partial charge >= 0.3 is 11.9 Å². The first kappa shape index (κ1) is 15.6. The first-order valence-corrected chi connectivity index (χ1v) is 8.89. The van der Waals surface area contributed by atoms with E-state index in [0.29, 0.717) is 34.1 Å². The van der Waals surface area contributed by atoms with Crippen molar-refractivity contribution in [3.8, 4) is 23.0 Å². The predicted octanol–water partition coefficient (Wildman–Crippen LogP) is 2.27. The number of carbonyl (C=O) groups excluding carboxylic acids is 2. The van der Waals surface area contributed by atoms with E-state index in [-0.39, 0.29) is 13.6 Å². The van der Waals surface area contributed by atoms with Crippen LogP contribution in [0.5, 0.6) is 23.0 Å². The van der Waals surface area contributed by atoms with Gasteiger partial charge in [0.25, 0.3) is 0 Å². The van der Waals surface area contributed by atoms with E-state index in [9.17, 15) is 9.59 Å². The summed E-state index contributed by atoms with van der Waals surface area (Å²) in [7, 11) is 0. The molecule has 0 aliphatic carbocycles. The minimum atomic E-state index is -0.724. The first-order chi connectivity index (χ1) is 13.7. The summed E-state index contributed by atoms with van der Waals surface area (Å²) in [4.78, 5) is 25.3. The molecule has 2 saturated heterocycles. The Morgan fingerprint density at radius 3 is 1.50 bits per heavy atom. The highest BCUT2D eigenvalue weighted by molar-refractivity contribution is 5.89. The van der Waals surface area contributed by atoms with Gasteiger partial charge in [-0.05, 0) is 35.4 Å². The second kappa shape index (κ2) is 5.54. The summed E-state index contributed by atoms with van der Waals surface area (Å²) < 4.78 is 32.6. The van der Waals surface area contributed by atoms with Crippen LogP contribution in [0.4, 0.5) is 0 Å². The molecular formula is C20H14O8. The zero-order chi connectivity index (χ0) is 18.8. The summed E-state index contributed by atoms with van der Waals surface area (Å²) >= 11 is 0. The average molecular weight is 382 g/mol. The summed E-state index contributed by atoms with van der Waals surface area (Å²) in [5, 5.41) is 0. The Hall–Kier alpha value is -3.42. The van der Waals surface area contributed by atoms with Crippen LogP contribution in [0, 0.1) is 11.8 Å². The Morgan fingerprint density at radius 2 is 1.04 bits per heavy atom. The number of cyclic esters (lactones) is 2. The molecule has 2 aromatic carbocycles. The van der Waals surface area contributed by atoms with Gasteiger partial charge in [0.05, 0.1) is 0 Å². The zero-order valence-corrected chi connectivity index (χ0v) is 14.5. The Balaban J connectivity index is 1.35. The van der Waals surface area contributed by atoms with E-state index in [1.807, 2.05) is 0 Å². The summed E-state index contributed by atoms with van der Waals surface area (Å²) in [5.41, 5.74) is 1.35. The zero-order valence-electron chi connectivity index (χ0n) is 14.5. The molecule has 4 atom stereocenters. The summed E-state index contributed by atoms with van der Waals surface area (Å²) in [6.07, 6.45) is -1.45. The fourth-order valence-corrected chi connectivity index (χ4v) is 4.20. The van der Waals surface area contributed by atoms with Gasteiger partial charge in [0.15, 0.2) is 23.0 Å². The van der Waals surface area contributed by atoms with Crippen molar-refractivity contribution in [3.05, 3.63) is 47.5 Å². The molecule has 0 saturated carbocycles. The van der Waals surface area contributed by atoms with Crippen LogP contribution in [-0.2, 0) is 19.1 Å². The maximum atomic E-state index is 12.7. The average Bonchev–Trinajstić information content (AvgIpc) is 3.46. The second-order valence-corrected chi connectivity index (χ2v) is 6.99. The largest absolute Gasteiger partial charge is 0.456 e. The molecule has 4 aliphatic rings. The molecule has 4 heterocycles. The van der Waals surface area contributed by atoms with Crippen molar-refractivity contribution in [1.82, 2.24) is 0 Å². The van der Waals surface area contributed by atoms with Crippen LogP contribution >= 0.6 is 0 Å². The standard InChI is InChI=1S/C20H14O8/c21-19-15-16(18(28-19)10-2-4-12-14(6-10)26-8-24-12)20(22)27-17(15)9-1-3-11-13(5-9)25-7-23-11/h1-6,15-18H,7-8H2/t15?,16?,17-,18-/m0/s1. The van der Waals surface area contributed by atoms with Gasteiger partial charge in [-0.3, -0.25) is 9.59 Å². The highest BCUT2D eigenvalue weighted by Gasteiger charge is 2.60. The summed E-state index contributed by atoms with van der Waals surface area (Å²) in [6, 6.07) is 10.5. The Kier molecular flexibility index (Phi) is 3.09. The van der Waals surface area contributed by atoms with Gasteiger partial charge < -0.3 is 28.4 Å². The van der Waals surface area contributed by atoms with Crippen LogP contribution in [0.15, 0.2) is 36.4 Å². The van der Waals surface area contributed by atoms with E-state index < -0.39 is 36.0 Å². The molecule has 2 unspecified atom stereocenters. The third-order valence-corrected chi connectivity index (χ3v) is 5.52. The van der Waals surface area contributed by atoms with Gasteiger partial charge in [-0.15, -0.1) is 0 Å². The van der Waals surface area contributed by atoms with Crippen molar-refractivity contribution in [2.24, 2.45) is 11.8 Å². The van der Waals surface area contributed by atoms with E-state index in [2.05, 4.69) is 0 Å². The number of ether oxygens (including phenoxy) is 6. The molecule has 28 heavy (non-hydrogen) atoms. The molecule has 0 radical (unpaired) electrons. The van der Waals surface area contributed by atoms with Gasteiger partial charge in [0, 0.05) is 0 Å². The van der Waals surface area contributed by atoms with Gasteiger partial charge in [0.1, 0.15) is 24.0 Å². The lowest BCUT2D eigenvalue weighted by atomic mass is 9.84. The van der Waals surface area contributed by atoms with Gasteiger partial charge in [-0.2, -0.15) is 0 Å². The number of fused-ring (bicyclic) bond motifs is 3. The Labute approximate surface area is 158 Å². The number of carbonyl (C=O) groups is 2. The maximum Gasteiger partial charge on any atom is 0.314 e. The SMILES string of the molecule is O=C1O[C@@H](c2ccc3c(c2)OCO3)C2C(=O)O[C@@H](c3ccc4c(c3)OCO4)C12. The molecule has 0 N–H and O–H groups in total. The van der Waals surface area contributed by atoms with E-state index >= 15 is 0 Å². The number of hydrogen-bond acceptors (Lipinski definition) is 8. The van der Waals surface area contributed by atoms with E-state index in [4.69, 9.17) is 28.4 Å². The molecule has 0 amide bonds. The fourth-order valence-electron chi connectivity index (χ4n) is 4.20. The minimum Gasteiger partial charge on any atom is -0.456 e. The third-order valence-electron chi connectivity index (χ3n) is 5.52. The smallest absolute Gasteiger partial charge is 0.314 e. The molecule has 142 valence electrons. The van der Waals surface area contributed by atoms with Crippen molar-refractivity contribution < 1.29 is 38.0 Å². The van der Waals surface area contributed by atoms with Gasteiger partial charge in [0.2, 0.25) is 13.6 Å². The van der Waals surface area contributed by atoms with Crippen LogP contribution < -0.4 is 18.9 Å². The summed E-state index contributed by atoms with van der Waals surface area (Å²) in [5.74, 6) is 0.0223. The Morgan fingerprint density at radius 1 is 0.607 bits per heavy atom. The minimum absolute atomic E-state index is 0.142. The second-order valence-electron chi connectivity index (χ2n) is 6.99. The molecule has 4 aliphatic heterocycles. The number of benzene rings is 2. The third kappa shape index (κ3) is 2.11. The normalized spacial score (nSPS) is 28.9. The number of esters is 2. The van der Waals surface area contributed by atoms with Crippen molar-refractivity contribution in [2.45, 2.75) is 12.2 Å². The lowest BCUT2D eigenvalue weighted by Crippen LogP contribution is -2.19. The monoisotopic (exact) mass is 382 g/mol.